The van der Waals surface area contributed by atoms with Crippen LogP contribution in [0, 0.1) is 0 Å². The fraction of sp³-hybridized carbons (Fsp3) is 0.133. The van der Waals surface area contributed by atoms with E-state index in [-0.39, 0.29) is 10.6 Å². The topological polar surface area (TPSA) is 66.8 Å². The Morgan fingerprint density at radius 1 is 1.13 bits per heavy atom. The van der Waals surface area contributed by atoms with Crippen molar-refractivity contribution >= 4 is 17.6 Å². The average molecular weight is 347 g/mol. The third kappa shape index (κ3) is 4.61. The summed E-state index contributed by atoms with van der Waals surface area (Å²) in [6.45, 7) is 0. The van der Waals surface area contributed by atoms with E-state index in [0.717, 1.165) is 12.1 Å². The number of carbonyl (C=O) groups is 1. The normalized spacial score (nSPS) is 12.7. The zero-order chi connectivity index (χ0) is 17.2. The Balaban J connectivity index is 2.42. The highest BCUT2D eigenvalue weighted by molar-refractivity contribution is 6.31. The molecule has 0 heterocycles. The van der Waals surface area contributed by atoms with Crippen LogP contribution in [0.5, 0.6) is 5.75 Å². The van der Waals surface area contributed by atoms with Crippen LogP contribution in [0.15, 0.2) is 42.5 Å². The van der Waals surface area contributed by atoms with Crippen molar-refractivity contribution in [2.75, 3.05) is 0 Å². The van der Waals surface area contributed by atoms with Gasteiger partial charge in [0, 0.05) is 5.02 Å². The molecule has 2 aromatic carbocycles. The number of aliphatic carboxylic acids is 1. The summed E-state index contributed by atoms with van der Waals surface area (Å²) < 4.78 is 40.6. The molecule has 0 aromatic heterocycles. The molecular weight excluding hydrogens is 337 g/mol. The third-order valence-electron chi connectivity index (χ3n) is 2.87. The van der Waals surface area contributed by atoms with E-state index < -0.39 is 24.2 Å². The van der Waals surface area contributed by atoms with Gasteiger partial charge in [-0.25, -0.2) is 4.79 Å². The Morgan fingerprint density at radius 3 is 2.43 bits per heavy atom. The smallest absolute Gasteiger partial charge is 0.479 e. The molecule has 1 unspecified atom stereocenters. The molecule has 122 valence electrons. The molecule has 0 saturated heterocycles. The van der Waals surface area contributed by atoms with Crippen LogP contribution in [0.4, 0.5) is 13.2 Å². The molecule has 1 atom stereocenters. The Kier molecular flexibility index (Phi) is 4.82. The van der Waals surface area contributed by atoms with Crippen molar-refractivity contribution in [1.82, 2.24) is 0 Å². The van der Waals surface area contributed by atoms with Gasteiger partial charge in [0.15, 0.2) is 6.10 Å². The van der Waals surface area contributed by atoms with Crippen LogP contribution < -0.4 is 4.74 Å². The number of ether oxygens (including phenoxy) is 1. The second-order valence-corrected chi connectivity index (χ2v) is 5.03. The predicted octanol–water partition coefficient (Wildman–Crippen LogP) is 4.02. The van der Waals surface area contributed by atoms with E-state index in [1.807, 2.05) is 0 Å². The van der Waals surface area contributed by atoms with E-state index in [1.165, 1.54) is 30.3 Å². The molecule has 8 heteroatoms. The van der Waals surface area contributed by atoms with Crippen LogP contribution in [0.3, 0.4) is 0 Å². The number of aliphatic hydroxyl groups is 1. The number of rotatable bonds is 4. The summed E-state index contributed by atoms with van der Waals surface area (Å²) in [5, 5.41) is 18.5. The van der Waals surface area contributed by atoms with Crippen molar-refractivity contribution in [2.45, 2.75) is 12.5 Å². The lowest BCUT2D eigenvalue weighted by atomic mass is 10.0. The van der Waals surface area contributed by atoms with Crippen LogP contribution in [0.25, 0.3) is 11.1 Å². The van der Waals surface area contributed by atoms with Crippen molar-refractivity contribution < 1.29 is 32.9 Å². The molecule has 0 aliphatic rings. The van der Waals surface area contributed by atoms with Gasteiger partial charge in [0.05, 0.1) is 0 Å². The largest absolute Gasteiger partial charge is 0.573 e. The first-order valence-electron chi connectivity index (χ1n) is 6.23. The molecular formula is C15H10ClF3O4. The number of hydrogen-bond donors (Lipinski definition) is 2. The fourth-order valence-electron chi connectivity index (χ4n) is 1.95. The highest BCUT2D eigenvalue weighted by Crippen LogP contribution is 2.31. The minimum Gasteiger partial charge on any atom is -0.479 e. The van der Waals surface area contributed by atoms with Gasteiger partial charge in [-0.2, -0.15) is 0 Å². The summed E-state index contributed by atoms with van der Waals surface area (Å²) in [5.41, 5.74) is 0.690. The van der Waals surface area contributed by atoms with E-state index in [4.69, 9.17) is 16.7 Å². The van der Waals surface area contributed by atoms with Crippen molar-refractivity contribution in [3.05, 3.63) is 53.1 Å². The molecule has 0 fully saturated rings. The van der Waals surface area contributed by atoms with Gasteiger partial charge < -0.3 is 14.9 Å². The van der Waals surface area contributed by atoms with Gasteiger partial charge in [0.2, 0.25) is 0 Å². The van der Waals surface area contributed by atoms with Crippen molar-refractivity contribution in [2.24, 2.45) is 0 Å². The van der Waals surface area contributed by atoms with Crippen molar-refractivity contribution in [3.8, 4) is 16.9 Å². The summed E-state index contributed by atoms with van der Waals surface area (Å²) in [7, 11) is 0. The minimum absolute atomic E-state index is 0.0159. The Bertz CT molecular complexity index is 731. The summed E-state index contributed by atoms with van der Waals surface area (Å²) in [6.07, 6.45) is -6.61. The van der Waals surface area contributed by atoms with E-state index in [9.17, 15) is 23.1 Å². The first kappa shape index (κ1) is 17.1. The van der Waals surface area contributed by atoms with Crippen LogP contribution in [-0.2, 0) is 4.79 Å². The zero-order valence-electron chi connectivity index (χ0n) is 11.3. The summed E-state index contributed by atoms with van der Waals surface area (Å²) in [5.74, 6) is -1.89. The van der Waals surface area contributed by atoms with E-state index in [2.05, 4.69) is 4.74 Å². The number of alkyl halides is 3. The maximum atomic E-state index is 12.3. The first-order chi connectivity index (χ1) is 10.7. The van der Waals surface area contributed by atoms with Gasteiger partial charge in [0.25, 0.3) is 0 Å². The van der Waals surface area contributed by atoms with Crippen LogP contribution >= 0.6 is 11.6 Å². The Labute approximate surface area is 133 Å². The molecule has 0 saturated carbocycles. The fourth-order valence-corrected chi connectivity index (χ4v) is 2.20. The first-order valence-corrected chi connectivity index (χ1v) is 6.61. The second-order valence-electron chi connectivity index (χ2n) is 4.59. The zero-order valence-corrected chi connectivity index (χ0v) is 12.1. The van der Waals surface area contributed by atoms with Gasteiger partial charge in [-0.3, -0.25) is 0 Å². The van der Waals surface area contributed by atoms with E-state index in [0.29, 0.717) is 11.1 Å². The Hall–Kier alpha value is -2.25. The van der Waals surface area contributed by atoms with Crippen molar-refractivity contribution in [1.29, 1.82) is 0 Å². The number of benzene rings is 2. The standard InChI is InChI=1S/C15H10ClF3O4/c16-11-5-9(4-10(6-11)13(20)14(21)22)8-2-1-3-12(7-8)23-15(17,18)19/h1-7,13,20H,(H,21,22). The van der Waals surface area contributed by atoms with Crippen LogP contribution in [-0.4, -0.2) is 22.5 Å². The van der Waals surface area contributed by atoms with E-state index >= 15 is 0 Å². The van der Waals surface area contributed by atoms with Crippen LogP contribution in [0.1, 0.15) is 11.7 Å². The number of hydrogen-bond acceptors (Lipinski definition) is 3. The van der Waals surface area contributed by atoms with Crippen LogP contribution in [0.2, 0.25) is 5.02 Å². The molecule has 0 aliphatic heterocycles. The molecule has 0 spiro atoms. The SMILES string of the molecule is O=C(O)C(O)c1cc(Cl)cc(-c2cccc(OC(F)(F)F)c2)c1. The highest BCUT2D eigenvalue weighted by Gasteiger charge is 2.31. The predicted molar refractivity (Wildman–Crippen MR) is 76.2 cm³/mol. The van der Waals surface area contributed by atoms with E-state index in [1.54, 1.807) is 0 Å². The lowest BCUT2D eigenvalue weighted by molar-refractivity contribution is -0.274. The number of halogens is 4. The third-order valence-corrected chi connectivity index (χ3v) is 3.09. The molecule has 0 amide bonds. The second kappa shape index (κ2) is 6.47. The average Bonchev–Trinajstić information content (AvgIpc) is 2.44. The lowest BCUT2D eigenvalue weighted by Crippen LogP contribution is -2.17. The molecule has 0 bridgehead atoms. The number of carboxylic acid groups (broad SMARTS) is 1. The maximum Gasteiger partial charge on any atom is 0.573 e. The molecule has 23 heavy (non-hydrogen) atoms. The molecule has 2 aromatic rings. The van der Waals surface area contributed by atoms with Gasteiger partial charge in [0.1, 0.15) is 5.75 Å². The summed E-state index contributed by atoms with van der Waals surface area (Å²) in [4.78, 5) is 10.8. The molecule has 2 rings (SSSR count). The molecule has 0 aliphatic carbocycles. The maximum absolute atomic E-state index is 12.3. The minimum atomic E-state index is -4.82. The molecule has 4 nitrogen and oxygen atoms in total. The summed E-state index contributed by atoms with van der Waals surface area (Å²) in [6, 6.07) is 9.16. The van der Waals surface area contributed by atoms with Gasteiger partial charge in [-0.15, -0.1) is 13.2 Å². The quantitative estimate of drug-likeness (QED) is 0.877. The number of carboxylic acids is 1. The van der Waals surface area contributed by atoms with Crippen molar-refractivity contribution in [3.63, 3.8) is 0 Å². The lowest BCUT2D eigenvalue weighted by Gasteiger charge is -2.12. The number of aliphatic hydroxyl groups excluding tert-OH is 1. The molecule has 0 radical (unpaired) electrons. The van der Waals surface area contributed by atoms with Gasteiger partial charge in [-0.05, 0) is 47.0 Å². The Morgan fingerprint density at radius 2 is 1.83 bits per heavy atom. The van der Waals surface area contributed by atoms with Gasteiger partial charge >= 0.3 is 12.3 Å². The van der Waals surface area contributed by atoms with Gasteiger partial charge in [-0.1, -0.05) is 23.7 Å². The summed E-state index contributed by atoms with van der Waals surface area (Å²) >= 11 is 5.88. The monoisotopic (exact) mass is 346 g/mol. The highest BCUT2D eigenvalue weighted by atomic mass is 35.5. The molecule has 2 N–H and O–H groups in total.